The van der Waals surface area contributed by atoms with Gasteiger partial charge in [0.05, 0.1) is 31.3 Å². The molecule has 1 aromatic heterocycles. The number of fused-ring (bicyclic) bond motifs is 1. The molecule has 1 fully saturated rings. The van der Waals surface area contributed by atoms with Crippen LogP contribution < -0.4 is 14.8 Å². The van der Waals surface area contributed by atoms with E-state index in [1.54, 1.807) is 54.7 Å². The molecule has 27 heavy (non-hydrogen) atoms. The van der Waals surface area contributed by atoms with Crippen LogP contribution in [0.3, 0.4) is 0 Å². The second kappa shape index (κ2) is 6.90. The van der Waals surface area contributed by atoms with Gasteiger partial charge in [0, 0.05) is 25.0 Å². The first-order chi connectivity index (χ1) is 13.1. The fraction of sp³-hybridized carbons (Fsp3) is 0.350. The fourth-order valence-corrected chi connectivity index (χ4v) is 3.68. The Bertz CT molecular complexity index is 871. The molecule has 2 aliphatic heterocycles. The molecule has 7 nitrogen and oxygen atoms in total. The van der Waals surface area contributed by atoms with Crippen molar-refractivity contribution in [3.8, 4) is 11.5 Å². The summed E-state index contributed by atoms with van der Waals surface area (Å²) in [6.45, 7) is 1.40. The van der Waals surface area contributed by atoms with E-state index in [1.807, 2.05) is 0 Å². The number of ether oxygens (including phenoxy) is 2. The number of likely N-dealkylation sites (tertiary alicyclic amines) is 1. The number of amides is 2. The maximum atomic E-state index is 12.8. The molecule has 4 rings (SSSR count). The van der Waals surface area contributed by atoms with Gasteiger partial charge in [-0.25, -0.2) is 0 Å². The Morgan fingerprint density at radius 2 is 2.26 bits per heavy atom. The second-order valence-corrected chi connectivity index (χ2v) is 6.90. The first kappa shape index (κ1) is 17.3. The van der Waals surface area contributed by atoms with E-state index < -0.39 is 5.60 Å². The minimum Gasteiger partial charge on any atom is -0.497 e. The normalized spacial score (nSPS) is 21.7. The number of hydrogen-bond acceptors (Lipinski definition) is 5. The summed E-state index contributed by atoms with van der Waals surface area (Å²) >= 11 is 0. The van der Waals surface area contributed by atoms with Crippen LogP contribution in [0.15, 0.2) is 42.7 Å². The molecule has 7 heteroatoms. The first-order valence-electron chi connectivity index (χ1n) is 8.95. The monoisotopic (exact) mass is 367 g/mol. The molecule has 1 atom stereocenters. The van der Waals surface area contributed by atoms with Crippen molar-refractivity contribution in [2.45, 2.75) is 18.4 Å². The maximum absolute atomic E-state index is 12.8. The summed E-state index contributed by atoms with van der Waals surface area (Å²) in [5, 5.41) is 2.94. The Morgan fingerprint density at radius 3 is 3.04 bits per heavy atom. The number of hydrogen-bond donors (Lipinski definition) is 1. The lowest BCUT2D eigenvalue weighted by atomic mass is 9.92. The first-order valence-corrected chi connectivity index (χ1v) is 8.95. The number of carbonyl (C=O) groups is 2. The predicted octanol–water partition coefficient (Wildman–Crippen LogP) is 1.89. The van der Waals surface area contributed by atoms with Gasteiger partial charge in [0.25, 0.3) is 11.8 Å². The van der Waals surface area contributed by atoms with Crippen molar-refractivity contribution < 1.29 is 19.1 Å². The zero-order valence-corrected chi connectivity index (χ0v) is 15.1. The molecule has 1 spiro atoms. The fourth-order valence-electron chi connectivity index (χ4n) is 3.68. The van der Waals surface area contributed by atoms with Crippen molar-refractivity contribution in [2.75, 3.05) is 26.7 Å². The molecule has 0 radical (unpaired) electrons. The topological polar surface area (TPSA) is 80.8 Å². The number of carbonyl (C=O) groups excluding carboxylic acids is 2. The van der Waals surface area contributed by atoms with Crippen LogP contribution in [-0.2, 0) is 0 Å². The summed E-state index contributed by atoms with van der Waals surface area (Å²) in [6.07, 6.45) is 4.75. The highest BCUT2D eigenvalue weighted by atomic mass is 16.5. The predicted molar refractivity (Wildman–Crippen MR) is 98.1 cm³/mol. The molecular formula is C20H21N3O4. The Balaban J connectivity index is 1.62. The highest BCUT2D eigenvalue weighted by Crippen LogP contribution is 2.34. The highest BCUT2D eigenvalue weighted by molar-refractivity contribution is 5.97. The Hall–Kier alpha value is -3.09. The van der Waals surface area contributed by atoms with Crippen LogP contribution in [0, 0.1) is 0 Å². The molecule has 0 bridgehead atoms. The van der Waals surface area contributed by atoms with Crippen molar-refractivity contribution >= 4 is 11.8 Å². The van der Waals surface area contributed by atoms with Crippen LogP contribution in [-0.4, -0.2) is 54.0 Å². The average molecular weight is 367 g/mol. The third-order valence-corrected chi connectivity index (χ3v) is 5.07. The Labute approximate surface area is 157 Å². The summed E-state index contributed by atoms with van der Waals surface area (Å²) in [6, 6.07) is 8.66. The van der Waals surface area contributed by atoms with E-state index >= 15 is 0 Å². The largest absolute Gasteiger partial charge is 0.497 e. The van der Waals surface area contributed by atoms with Crippen molar-refractivity contribution in [3.05, 3.63) is 53.9 Å². The van der Waals surface area contributed by atoms with E-state index in [2.05, 4.69) is 10.3 Å². The molecular weight excluding hydrogens is 346 g/mol. The van der Waals surface area contributed by atoms with Gasteiger partial charge in [0.1, 0.15) is 17.1 Å². The summed E-state index contributed by atoms with van der Waals surface area (Å²) in [7, 11) is 1.57. The molecule has 1 saturated heterocycles. The summed E-state index contributed by atoms with van der Waals surface area (Å²) in [4.78, 5) is 31.1. The third-order valence-electron chi connectivity index (χ3n) is 5.07. The zero-order chi connectivity index (χ0) is 18.9. The molecule has 0 unspecified atom stereocenters. The van der Waals surface area contributed by atoms with Crippen molar-refractivity contribution in [1.29, 1.82) is 0 Å². The third kappa shape index (κ3) is 3.32. The van der Waals surface area contributed by atoms with Crippen LogP contribution in [0.25, 0.3) is 0 Å². The summed E-state index contributed by atoms with van der Waals surface area (Å²) in [5.74, 6) is 0.852. The van der Waals surface area contributed by atoms with Crippen molar-refractivity contribution in [3.63, 3.8) is 0 Å². The van der Waals surface area contributed by atoms with Crippen LogP contribution in [0.5, 0.6) is 11.5 Å². The zero-order valence-electron chi connectivity index (χ0n) is 15.1. The van der Waals surface area contributed by atoms with Crippen molar-refractivity contribution in [2.24, 2.45) is 0 Å². The van der Waals surface area contributed by atoms with Gasteiger partial charge in [-0.15, -0.1) is 0 Å². The molecule has 2 aromatic rings. The molecule has 140 valence electrons. The van der Waals surface area contributed by atoms with Gasteiger partial charge in [-0.1, -0.05) is 0 Å². The molecule has 1 N–H and O–H groups in total. The number of methoxy groups -OCH3 is 1. The lowest BCUT2D eigenvalue weighted by Crippen LogP contribution is -2.57. The highest BCUT2D eigenvalue weighted by Gasteiger charge is 2.42. The van der Waals surface area contributed by atoms with Gasteiger partial charge in [0.2, 0.25) is 0 Å². The summed E-state index contributed by atoms with van der Waals surface area (Å²) in [5.41, 5.74) is 0.362. The van der Waals surface area contributed by atoms with E-state index in [9.17, 15) is 9.59 Å². The van der Waals surface area contributed by atoms with Gasteiger partial charge in [0.15, 0.2) is 0 Å². The maximum Gasteiger partial charge on any atom is 0.255 e. The van der Waals surface area contributed by atoms with Gasteiger partial charge < -0.3 is 19.7 Å². The van der Waals surface area contributed by atoms with E-state index in [1.165, 1.54) is 0 Å². The number of nitrogens with one attached hydrogen (secondary N) is 1. The molecule has 0 aliphatic carbocycles. The average Bonchev–Trinajstić information content (AvgIpc) is 2.84. The molecule has 3 heterocycles. The standard InChI is InChI=1S/C20H21N3O4/c1-26-15-5-6-16-17(10-15)27-20(12-22-18(16)24)7-3-9-23(13-20)19(25)14-4-2-8-21-11-14/h2,4-6,8,10-11H,3,7,9,12-13H2,1H3,(H,22,24)/t20-/m1/s1. The number of piperidine rings is 1. The van der Waals surface area contributed by atoms with Gasteiger partial charge >= 0.3 is 0 Å². The van der Waals surface area contributed by atoms with Gasteiger partial charge in [-0.3, -0.25) is 14.6 Å². The SMILES string of the molecule is COc1ccc2c(c1)O[C@]1(CCCN(C(=O)c3cccnc3)C1)CNC2=O. The molecule has 0 saturated carbocycles. The van der Waals surface area contributed by atoms with Crippen LogP contribution in [0.1, 0.15) is 33.6 Å². The van der Waals surface area contributed by atoms with E-state index in [-0.39, 0.29) is 11.8 Å². The van der Waals surface area contributed by atoms with E-state index in [4.69, 9.17) is 9.47 Å². The van der Waals surface area contributed by atoms with Crippen LogP contribution in [0.4, 0.5) is 0 Å². The lowest BCUT2D eigenvalue weighted by Gasteiger charge is -2.42. The van der Waals surface area contributed by atoms with E-state index in [0.29, 0.717) is 42.3 Å². The molecule has 1 aromatic carbocycles. The number of nitrogens with zero attached hydrogens (tertiary/aromatic N) is 2. The number of benzene rings is 1. The number of pyridine rings is 1. The van der Waals surface area contributed by atoms with Gasteiger partial charge in [-0.05, 0) is 37.1 Å². The number of rotatable bonds is 2. The molecule has 2 aliphatic rings. The molecule has 2 amide bonds. The van der Waals surface area contributed by atoms with Gasteiger partial charge in [-0.2, -0.15) is 0 Å². The number of aromatic nitrogens is 1. The minimum absolute atomic E-state index is 0.0767. The second-order valence-electron chi connectivity index (χ2n) is 6.90. The van der Waals surface area contributed by atoms with Crippen LogP contribution in [0.2, 0.25) is 0 Å². The Kier molecular flexibility index (Phi) is 4.43. The smallest absolute Gasteiger partial charge is 0.255 e. The summed E-state index contributed by atoms with van der Waals surface area (Å²) < 4.78 is 11.6. The Morgan fingerprint density at radius 1 is 1.37 bits per heavy atom. The van der Waals surface area contributed by atoms with E-state index in [0.717, 1.165) is 12.8 Å². The van der Waals surface area contributed by atoms with Crippen LogP contribution >= 0.6 is 0 Å². The quantitative estimate of drug-likeness (QED) is 0.877. The lowest BCUT2D eigenvalue weighted by molar-refractivity contribution is -0.000973. The van der Waals surface area contributed by atoms with Crippen molar-refractivity contribution in [1.82, 2.24) is 15.2 Å². The minimum atomic E-state index is -0.663.